The van der Waals surface area contributed by atoms with Crippen LogP contribution in [0.4, 0.5) is 0 Å². The number of nitrogens with one attached hydrogen (secondary N) is 2. The van der Waals surface area contributed by atoms with E-state index < -0.39 is 0 Å². The minimum Gasteiger partial charge on any atom is -0.361 e. The zero-order chi connectivity index (χ0) is 17.2. The van der Waals surface area contributed by atoms with Crippen molar-refractivity contribution in [2.24, 2.45) is 0 Å². The lowest BCUT2D eigenvalue weighted by Crippen LogP contribution is -2.55. The predicted octanol–water partition coefficient (Wildman–Crippen LogP) is 3.06. The molecule has 4 heteroatoms. The van der Waals surface area contributed by atoms with Gasteiger partial charge in [-0.15, -0.1) is 0 Å². The van der Waals surface area contributed by atoms with Crippen molar-refractivity contribution in [3.8, 4) is 0 Å². The highest BCUT2D eigenvalue weighted by Crippen LogP contribution is 2.22. The summed E-state index contributed by atoms with van der Waals surface area (Å²) in [6.07, 6.45) is 4.57. The molecular weight excluding hydrogens is 296 g/mol. The van der Waals surface area contributed by atoms with E-state index in [-0.39, 0.29) is 5.54 Å². The van der Waals surface area contributed by atoms with E-state index in [0.717, 1.165) is 19.1 Å². The number of fused-ring (bicyclic) bond motifs is 1. The largest absolute Gasteiger partial charge is 0.361 e. The first kappa shape index (κ1) is 17.5. The summed E-state index contributed by atoms with van der Waals surface area (Å²) in [5.74, 6) is 0. The number of H-pyrrole nitrogens is 1. The van der Waals surface area contributed by atoms with Gasteiger partial charge in [0.05, 0.1) is 0 Å². The number of para-hydroxylation sites is 1. The first-order chi connectivity index (χ1) is 11.5. The van der Waals surface area contributed by atoms with Gasteiger partial charge in [0.15, 0.2) is 0 Å². The van der Waals surface area contributed by atoms with E-state index in [0.29, 0.717) is 0 Å². The Kier molecular flexibility index (Phi) is 5.28. The summed E-state index contributed by atoms with van der Waals surface area (Å²) in [6.45, 7) is 9.05. The molecule has 1 fully saturated rings. The molecule has 24 heavy (non-hydrogen) atoms. The van der Waals surface area contributed by atoms with E-state index in [2.05, 4.69) is 72.3 Å². The Balaban J connectivity index is 1.53. The lowest BCUT2D eigenvalue weighted by Gasteiger charge is -2.44. The van der Waals surface area contributed by atoms with Crippen molar-refractivity contribution >= 4 is 10.9 Å². The maximum absolute atomic E-state index is 3.68. The van der Waals surface area contributed by atoms with Crippen LogP contribution in [-0.2, 0) is 6.54 Å². The molecule has 1 aliphatic heterocycles. The van der Waals surface area contributed by atoms with E-state index in [4.69, 9.17) is 0 Å². The normalized spacial score (nSPS) is 17.9. The van der Waals surface area contributed by atoms with Crippen LogP contribution in [0, 0.1) is 0 Å². The molecule has 3 rings (SSSR count). The Morgan fingerprint density at radius 2 is 1.96 bits per heavy atom. The van der Waals surface area contributed by atoms with Crippen LogP contribution in [0.25, 0.3) is 10.9 Å². The topological polar surface area (TPSA) is 34.3 Å². The number of hydrogen-bond acceptors (Lipinski definition) is 3. The highest BCUT2D eigenvalue weighted by atomic mass is 15.2. The maximum atomic E-state index is 3.68. The van der Waals surface area contributed by atoms with Crippen LogP contribution in [0.2, 0.25) is 0 Å². The van der Waals surface area contributed by atoms with Crippen LogP contribution < -0.4 is 5.32 Å². The third-order valence-corrected chi connectivity index (χ3v) is 5.60. The van der Waals surface area contributed by atoms with Crippen molar-refractivity contribution in [3.05, 3.63) is 36.0 Å². The minimum absolute atomic E-state index is 0.195. The number of nitrogens with zero attached hydrogens (tertiary/aromatic N) is 2. The second kappa shape index (κ2) is 7.26. The molecule has 0 amide bonds. The van der Waals surface area contributed by atoms with Crippen molar-refractivity contribution in [2.75, 3.05) is 33.7 Å². The molecule has 1 aliphatic rings. The van der Waals surface area contributed by atoms with Crippen LogP contribution in [0.5, 0.6) is 0 Å². The van der Waals surface area contributed by atoms with Gasteiger partial charge in [-0.3, -0.25) is 4.90 Å². The first-order valence-corrected chi connectivity index (χ1v) is 9.14. The van der Waals surface area contributed by atoms with Gasteiger partial charge in [0, 0.05) is 49.5 Å². The Bertz CT molecular complexity index is 650. The fourth-order valence-corrected chi connectivity index (χ4v) is 3.90. The van der Waals surface area contributed by atoms with Gasteiger partial charge in [0.25, 0.3) is 0 Å². The van der Waals surface area contributed by atoms with E-state index >= 15 is 0 Å². The maximum Gasteiger partial charge on any atom is 0.0499 e. The number of rotatable bonds is 6. The highest BCUT2D eigenvalue weighted by Gasteiger charge is 2.30. The van der Waals surface area contributed by atoms with Crippen LogP contribution in [-0.4, -0.2) is 60.1 Å². The highest BCUT2D eigenvalue weighted by molar-refractivity contribution is 5.82. The molecule has 0 spiro atoms. The number of likely N-dealkylation sites (tertiary alicyclic amines) is 1. The Morgan fingerprint density at radius 3 is 2.67 bits per heavy atom. The van der Waals surface area contributed by atoms with Crippen molar-refractivity contribution in [2.45, 2.75) is 44.8 Å². The molecule has 0 radical (unpaired) electrons. The molecule has 2 N–H and O–H groups in total. The third kappa shape index (κ3) is 3.82. The van der Waals surface area contributed by atoms with Crippen molar-refractivity contribution in [3.63, 3.8) is 0 Å². The summed E-state index contributed by atoms with van der Waals surface area (Å²) in [6, 6.07) is 9.40. The van der Waals surface area contributed by atoms with Crippen molar-refractivity contribution in [1.29, 1.82) is 0 Å². The molecule has 0 atom stereocenters. The van der Waals surface area contributed by atoms with Gasteiger partial charge in [-0.1, -0.05) is 18.2 Å². The zero-order valence-electron chi connectivity index (χ0n) is 15.6. The average molecular weight is 329 g/mol. The standard InChI is InChI=1S/C20H32N4/c1-20(2,24-12-9-18(10-13-24)23(3)4)15-21-14-17-7-5-6-16-8-11-22-19(16)17/h5-8,11,18,21-22H,9-10,12-15H2,1-4H3. The Hall–Kier alpha value is -1.36. The van der Waals surface area contributed by atoms with E-state index in [1.54, 1.807) is 0 Å². The molecule has 4 nitrogen and oxygen atoms in total. The van der Waals surface area contributed by atoms with Gasteiger partial charge in [-0.25, -0.2) is 0 Å². The summed E-state index contributed by atoms with van der Waals surface area (Å²) < 4.78 is 0. The number of piperidine rings is 1. The van der Waals surface area contributed by atoms with Crippen molar-refractivity contribution < 1.29 is 0 Å². The Morgan fingerprint density at radius 1 is 1.21 bits per heavy atom. The summed E-state index contributed by atoms with van der Waals surface area (Å²) in [5.41, 5.74) is 2.80. The van der Waals surface area contributed by atoms with Gasteiger partial charge >= 0.3 is 0 Å². The molecule has 1 aromatic heterocycles. The summed E-state index contributed by atoms with van der Waals surface area (Å²) in [5, 5.41) is 4.97. The fraction of sp³-hybridized carbons (Fsp3) is 0.600. The number of benzene rings is 1. The molecule has 1 saturated heterocycles. The number of aromatic amines is 1. The number of aromatic nitrogens is 1. The first-order valence-electron chi connectivity index (χ1n) is 9.14. The predicted molar refractivity (Wildman–Crippen MR) is 102 cm³/mol. The molecule has 1 aromatic carbocycles. The van der Waals surface area contributed by atoms with Crippen molar-refractivity contribution in [1.82, 2.24) is 20.1 Å². The van der Waals surface area contributed by atoms with Gasteiger partial charge < -0.3 is 15.2 Å². The lowest BCUT2D eigenvalue weighted by molar-refractivity contribution is 0.0616. The number of hydrogen-bond donors (Lipinski definition) is 2. The van der Waals surface area contributed by atoms with E-state index in [1.807, 2.05) is 6.20 Å². The van der Waals surface area contributed by atoms with Gasteiger partial charge in [0.1, 0.15) is 0 Å². The monoisotopic (exact) mass is 328 g/mol. The van der Waals surface area contributed by atoms with Crippen LogP contribution in [0.3, 0.4) is 0 Å². The lowest BCUT2D eigenvalue weighted by atomic mass is 9.95. The van der Waals surface area contributed by atoms with Crippen LogP contribution >= 0.6 is 0 Å². The van der Waals surface area contributed by atoms with Gasteiger partial charge in [0.2, 0.25) is 0 Å². The van der Waals surface area contributed by atoms with Gasteiger partial charge in [-0.05, 0) is 57.8 Å². The van der Waals surface area contributed by atoms with Crippen LogP contribution in [0.15, 0.2) is 30.5 Å². The Labute approximate surface area is 146 Å². The molecule has 0 bridgehead atoms. The smallest absolute Gasteiger partial charge is 0.0499 e. The minimum atomic E-state index is 0.195. The molecule has 132 valence electrons. The summed E-state index contributed by atoms with van der Waals surface area (Å²) in [7, 11) is 4.41. The fourth-order valence-electron chi connectivity index (χ4n) is 3.90. The molecule has 0 aliphatic carbocycles. The molecule has 2 aromatic rings. The SMILES string of the molecule is CN(C)C1CCN(C(C)(C)CNCc2cccc3cc[nH]c23)CC1. The third-order valence-electron chi connectivity index (χ3n) is 5.60. The zero-order valence-corrected chi connectivity index (χ0v) is 15.6. The molecule has 0 saturated carbocycles. The average Bonchev–Trinajstić information content (AvgIpc) is 3.04. The van der Waals surface area contributed by atoms with Crippen LogP contribution in [0.1, 0.15) is 32.3 Å². The van der Waals surface area contributed by atoms with E-state index in [1.165, 1.54) is 42.4 Å². The molecule has 0 unspecified atom stereocenters. The second-order valence-electron chi connectivity index (χ2n) is 7.96. The second-order valence-corrected chi connectivity index (χ2v) is 7.96. The summed E-state index contributed by atoms with van der Waals surface area (Å²) >= 11 is 0. The molecule has 2 heterocycles. The quantitative estimate of drug-likeness (QED) is 0.855. The van der Waals surface area contributed by atoms with E-state index in [9.17, 15) is 0 Å². The summed E-state index contributed by atoms with van der Waals surface area (Å²) in [4.78, 5) is 8.38. The molecular formula is C20H32N4. The van der Waals surface area contributed by atoms with Gasteiger partial charge in [-0.2, -0.15) is 0 Å².